The van der Waals surface area contributed by atoms with Gasteiger partial charge in [-0.1, -0.05) is 47.7 Å². The van der Waals surface area contributed by atoms with Crippen LogP contribution >= 0.6 is 11.3 Å². The molecule has 4 rings (SSSR count). The van der Waals surface area contributed by atoms with Crippen molar-refractivity contribution in [2.75, 3.05) is 23.0 Å². The number of amides is 2. The minimum Gasteiger partial charge on any atom is -0.313 e. The number of hydrogen-bond donors (Lipinski definition) is 0. The molecular weight excluding hydrogens is 446 g/mol. The fraction of sp³-hybridized carbons (Fsp3) is 0.261. The molecule has 2 aromatic carbocycles. The molecule has 0 saturated heterocycles. The number of benzene rings is 2. The van der Waals surface area contributed by atoms with Crippen LogP contribution in [0.4, 0.5) is 5.69 Å². The summed E-state index contributed by atoms with van der Waals surface area (Å²) in [7, 11) is -3.97. The Labute approximate surface area is 190 Å². The van der Waals surface area contributed by atoms with Crippen molar-refractivity contribution >= 4 is 48.9 Å². The topological polar surface area (TPSA) is 88.8 Å². The van der Waals surface area contributed by atoms with E-state index in [1.54, 1.807) is 6.08 Å². The van der Waals surface area contributed by atoms with E-state index in [2.05, 4.69) is 11.6 Å². The van der Waals surface area contributed by atoms with Crippen molar-refractivity contribution in [1.29, 1.82) is 0 Å². The maximum Gasteiger partial charge on any atom is 0.263 e. The van der Waals surface area contributed by atoms with Crippen LogP contribution in [0.2, 0.25) is 0 Å². The highest BCUT2D eigenvalue weighted by Gasteiger charge is 2.28. The average Bonchev–Trinajstić information content (AvgIpc) is 3.09. The van der Waals surface area contributed by atoms with E-state index in [4.69, 9.17) is 0 Å². The van der Waals surface area contributed by atoms with Gasteiger partial charge in [-0.3, -0.25) is 9.59 Å². The summed E-state index contributed by atoms with van der Waals surface area (Å²) in [5.41, 5.74) is 2.66. The van der Waals surface area contributed by atoms with Gasteiger partial charge in [0.05, 0.1) is 10.2 Å². The minimum atomic E-state index is -3.97. The van der Waals surface area contributed by atoms with Crippen molar-refractivity contribution in [2.45, 2.75) is 19.4 Å². The van der Waals surface area contributed by atoms with Gasteiger partial charge in [-0.05, 0) is 36.6 Å². The van der Waals surface area contributed by atoms with E-state index in [0.717, 1.165) is 34.3 Å². The molecule has 2 amide bonds. The van der Waals surface area contributed by atoms with Crippen LogP contribution < -0.4 is 9.70 Å². The lowest BCUT2D eigenvalue weighted by Gasteiger charge is -2.29. The summed E-state index contributed by atoms with van der Waals surface area (Å²) in [6, 6.07) is 15.1. The molecule has 7 nitrogen and oxygen atoms in total. The van der Waals surface area contributed by atoms with E-state index in [1.807, 2.05) is 53.1 Å². The van der Waals surface area contributed by atoms with Crippen LogP contribution in [-0.2, 0) is 32.4 Å². The Morgan fingerprint density at radius 2 is 1.84 bits per heavy atom. The van der Waals surface area contributed by atoms with Gasteiger partial charge >= 0.3 is 0 Å². The zero-order valence-corrected chi connectivity index (χ0v) is 19.1. The molecule has 0 fully saturated rings. The Morgan fingerprint density at radius 3 is 2.66 bits per heavy atom. The van der Waals surface area contributed by atoms with Crippen LogP contribution in [-0.4, -0.2) is 42.8 Å². The van der Waals surface area contributed by atoms with Gasteiger partial charge in [-0.25, -0.2) is 8.42 Å². The fourth-order valence-electron chi connectivity index (χ4n) is 3.85. The highest BCUT2D eigenvalue weighted by Crippen LogP contribution is 2.27. The molecule has 0 aliphatic carbocycles. The summed E-state index contributed by atoms with van der Waals surface area (Å²) in [6.45, 7) is 4.64. The van der Waals surface area contributed by atoms with Gasteiger partial charge in [-0.2, -0.15) is 4.99 Å². The highest BCUT2D eigenvalue weighted by molar-refractivity contribution is 7.92. The Kier molecular flexibility index (Phi) is 6.38. The molecule has 9 heteroatoms. The first kappa shape index (κ1) is 22.2. The second-order valence-corrected chi connectivity index (χ2v) is 10.6. The number of aromatic nitrogens is 1. The van der Waals surface area contributed by atoms with Crippen molar-refractivity contribution in [1.82, 2.24) is 4.57 Å². The molecule has 166 valence electrons. The van der Waals surface area contributed by atoms with Crippen LogP contribution in [0.3, 0.4) is 0 Å². The minimum absolute atomic E-state index is 0.405. The zero-order chi connectivity index (χ0) is 22.7. The van der Waals surface area contributed by atoms with Crippen molar-refractivity contribution in [3.8, 4) is 0 Å². The second-order valence-electron chi connectivity index (χ2n) is 7.57. The summed E-state index contributed by atoms with van der Waals surface area (Å²) < 4.78 is 28.0. The van der Waals surface area contributed by atoms with Crippen molar-refractivity contribution in [3.63, 3.8) is 0 Å². The fourth-order valence-corrected chi connectivity index (χ4v) is 5.98. The van der Waals surface area contributed by atoms with Crippen molar-refractivity contribution < 1.29 is 18.0 Å². The Hall–Kier alpha value is -3.04. The number of para-hydroxylation sites is 2. The molecule has 1 aliphatic rings. The number of carbonyl (C=O) groups is 2. The molecule has 3 aromatic rings. The van der Waals surface area contributed by atoms with Crippen LogP contribution in [0.5, 0.6) is 0 Å². The number of sulfone groups is 1. The Balaban J connectivity index is 1.53. The lowest BCUT2D eigenvalue weighted by Crippen LogP contribution is -2.40. The summed E-state index contributed by atoms with van der Waals surface area (Å²) in [5, 5.41) is 0. The molecule has 0 unspecified atom stereocenters. The lowest BCUT2D eigenvalue weighted by molar-refractivity contribution is -0.116. The molecule has 0 radical (unpaired) electrons. The summed E-state index contributed by atoms with van der Waals surface area (Å²) in [5.74, 6) is -2.84. The highest BCUT2D eigenvalue weighted by atomic mass is 32.2. The number of allylic oxidation sites excluding steroid dienone is 1. The van der Waals surface area contributed by atoms with E-state index < -0.39 is 33.2 Å². The van der Waals surface area contributed by atoms with Crippen LogP contribution in [0.15, 0.2) is 66.2 Å². The largest absolute Gasteiger partial charge is 0.313 e. The molecule has 2 heterocycles. The number of nitrogens with zero attached hydrogens (tertiary/aromatic N) is 3. The Morgan fingerprint density at radius 1 is 1.09 bits per heavy atom. The predicted molar refractivity (Wildman–Crippen MR) is 126 cm³/mol. The number of anilines is 1. The van der Waals surface area contributed by atoms with Gasteiger partial charge in [0.2, 0.25) is 5.91 Å². The molecule has 0 atom stereocenters. The number of fused-ring (bicyclic) bond motifs is 2. The van der Waals surface area contributed by atoms with Gasteiger partial charge < -0.3 is 9.47 Å². The number of carbonyl (C=O) groups excluding carboxylic acids is 2. The summed E-state index contributed by atoms with van der Waals surface area (Å²) in [6.07, 6.45) is 3.31. The molecule has 32 heavy (non-hydrogen) atoms. The maximum absolute atomic E-state index is 12.8. The van der Waals surface area contributed by atoms with E-state index in [1.165, 1.54) is 16.2 Å². The van der Waals surface area contributed by atoms with Gasteiger partial charge in [0.1, 0.15) is 11.5 Å². The third kappa shape index (κ3) is 4.73. The Bertz CT molecular complexity index is 1370. The lowest BCUT2D eigenvalue weighted by atomic mass is 10.0. The van der Waals surface area contributed by atoms with Gasteiger partial charge in [0, 0.05) is 18.8 Å². The number of thiazole rings is 1. The number of aryl methyl sites for hydroxylation is 1. The maximum atomic E-state index is 12.8. The average molecular weight is 470 g/mol. The quantitative estimate of drug-likeness (QED) is 0.519. The molecule has 1 aliphatic heterocycles. The van der Waals surface area contributed by atoms with E-state index in [9.17, 15) is 18.0 Å². The molecule has 0 bridgehead atoms. The van der Waals surface area contributed by atoms with Crippen molar-refractivity contribution in [2.24, 2.45) is 4.99 Å². The molecule has 1 aromatic heterocycles. The summed E-state index contributed by atoms with van der Waals surface area (Å²) >= 11 is 1.30. The second kappa shape index (κ2) is 9.22. The normalized spacial score (nSPS) is 14.4. The van der Waals surface area contributed by atoms with E-state index in [0.29, 0.717) is 17.9 Å². The van der Waals surface area contributed by atoms with Crippen molar-refractivity contribution in [3.05, 3.63) is 71.6 Å². The number of hydrogen-bond acceptors (Lipinski definition) is 5. The third-order valence-electron chi connectivity index (χ3n) is 5.22. The molecule has 0 saturated carbocycles. The first-order valence-electron chi connectivity index (χ1n) is 10.2. The predicted octanol–water partition coefficient (Wildman–Crippen LogP) is 2.71. The molecule has 0 N–H and O–H groups in total. The molecule has 0 spiro atoms. The van der Waals surface area contributed by atoms with Gasteiger partial charge in [0.15, 0.2) is 14.6 Å². The third-order valence-corrected chi connectivity index (χ3v) is 7.65. The number of rotatable bonds is 6. The monoisotopic (exact) mass is 469 g/mol. The molecular formula is C23H23N3O4S2. The van der Waals surface area contributed by atoms with Gasteiger partial charge in [-0.15, -0.1) is 6.58 Å². The first-order valence-corrected chi connectivity index (χ1v) is 12.9. The van der Waals surface area contributed by atoms with E-state index in [-0.39, 0.29) is 0 Å². The van der Waals surface area contributed by atoms with Crippen LogP contribution in [0.1, 0.15) is 12.0 Å². The van der Waals surface area contributed by atoms with Gasteiger partial charge in [0.25, 0.3) is 5.91 Å². The summed E-state index contributed by atoms with van der Waals surface area (Å²) in [4.78, 5) is 31.2. The standard InChI is InChI=1S/C23H23N3O4S2/c1-2-13-26-19-11-5-6-12-20(19)31-23(26)24-21(27)15-32(29,30)16-22(28)25-14-7-9-17-8-3-4-10-18(17)25/h2-6,8,10-12H,1,7,9,13-16H2. The van der Waals surface area contributed by atoms with Crippen LogP contribution in [0.25, 0.3) is 10.2 Å². The zero-order valence-electron chi connectivity index (χ0n) is 17.4. The smallest absolute Gasteiger partial charge is 0.263 e. The van der Waals surface area contributed by atoms with E-state index >= 15 is 0 Å². The van der Waals surface area contributed by atoms with Crippen LogP contribution in [0, 0.1) is 0 Å². The SMILES string of the molecule is C=CCn1c(=NC(=O)CS(=O)(=O)CC(=O)N2CCCc3ccccc32)sc2ccccc21. The first-order chi connectivity index (χ1) is 15.4.